The SMILES string of the molecule is Cc1ccc(C(Br)c2ccc(C)c(Br)c2)cc1C. The van der Waals surface area contributed by atoms with Crippen LogP contribution in [-0.4, -0.2) is 0 Å². The Morgan fingerprint density at radius 1 is 0.778 bits per heavy atom. The van der Waals surface area contributed by atoms with Crippen LogP contribution in [0.5, 0.6) is 0 Å². The highest BCUT2D eigenvalue weighted by atomic mass is 79.9. The van der Waals surface area contributed by atoms with Crippen molar-refractivity contribution < 1.29 is 0 Å². The number of benzene rings is 2. The van der Waals surface area contributed by atoms with Crippen LogP contribution in [-0.2, 0) is 0 Å². The van der Waals surface area contributed by atoms with E-state index in [2.05, 4.69) is 89.0 Å². The van der Waals surface area contributed by atoms with Crippen molar-refractivity contribution in [1.82, 2.24) is 0 Å². The van der Waals surface area contributed by atoms with E-state index in [1.165, 1.54) is 27.8 Å². The molecular formula is C16H16Br2. The van der Waals surface area contributed by atoms with E-state index in [1.807, 2.05) is 0 Å². The first-order valence-electron chi connectivity index (χ1n) is 5.96. The minimum Gasteiger partial charge on any atom is -0.0786 e. The van der Waals surface area contributed by atoms with Gasteiger partial charge in [-0.05, 0) is 54.7 Å². The summed E-state index contributed by atoms with van der Waals surface area (Å²) in [6.07, 6.45) is 0. The van der Waals surface area contributed by atoms with Gasteiger partial charge in [-0.1, -0.05) is 62.2 Å². The lowest BCUT2D eigenvalue weighted by Gasteiger charge is -2.13. The molecule has 0 nitrogen and oxygen atoms in total. The van der Waals surface area contributed by atoms with E-state index < -0.39 is 0 Å². The molecule has 94 valence electrons. The van der Waals surface area contributed by atoms with Crippen LogP contribution in [0, 0.1) is 20.8 Å². The molecule has 0 aromatic heterocycles. The fourth-order valence-corrected chi connectivity index (χ4v) is 2.85. The van der Waals surface area contributed by atoms with E-state index in [0.717, 1.165) is 4.47 Å². The third kappa shape index (κ3) is 2.86. The number of aryl methyl sites for hydroxylation is 3. The van der Waals surface area contributed by atoms with E-state index in [4.69, 9.17) is 0 Å². The molecule has 2 rings (SSSR count). The van der Waals surface area contributed by atoms with Gasteiger partial charge in [-0.25, -0.2) is 0 Å². The molecule has 1 atom stereocenters. The van der Waals surface area contributed by atoms with Gasteiger partial charge in [0.15, 0.2) is 0 Å². The second-order valence-electron chi connectivity index (χ2n) is 4.71. The average Bonchev–Trinajstić information content (AvgIpc) is 2.35. The summed E-state index contributed by atoms with van der Waals surface area (Å²) in [6.45, 7) is 6.40. The van der Waals surface area contributed by atoms with Gasteiger partial charge in [0.05, 0.1) is 4.83 Å². The van der Waals surface area contributed by atoms with Crippen molar-refractivity contribution in [2.75, 3.05) is 0 Å². The van der Waals surface area contributed by atoms with Gasteiger partial charge in [-0.15, -0.1) is 0 Å². The van der Waals surface area contributed by atoms with Crippen LogP contribution < -0.4 is 0 Å². The van der Waals surface area contributed by atoms with E-state index in [9.17, 15) is 0 Å². The summed E-state index contributed by atoms with van der Waals surface area (Å²) in [4.78, 5) is 0.244. The summed E-state index contributed by atoms with van der Waals surface area (Å²) in [6, 6.07) is 13.1. The lowest BCUT2D eigenvalue weighted by Crippen LogP contribution is -1.95. The number of rotatable bonds is 2. The molecule has 0 radical (unpaired) electrons. The standard InChI is InChI=1S/C16H16Br2/c1-10-4-6-13(8-12(10)3)16(18)14-7-5-11(2)15(17)9-14/h4-9,16H,1-3H3. The zero-order valence-electron chi connectivity index (χ0n) is 10.8. The molecule has 0 fully saturated rings. The van der Waals surface area contributed by atoms with Gasteiger partial charge in [0.2, 0.25) is 0 Å². The molecule has 1 unspecified atom stereocenters. The van der Waals surface area contributed by atoms with Gasteiger partial charge in [0.1, 0.15) is 0 Å². The first kappa shape index (κ1) is 13.8. The van der Waals surface area contributed by atoms with Gasteiger partial charge in [0.25, 0.3) is 0 Å². The zero-order valence-corrected chi connectivity index (χ0v) is 14.0. The highest BCUT2D eigenvalue weighted by Crippen LogP contribution is 2.33. The van der Waals surface area contributed by atoms with Crippen LogP contribution in [0.1, 0.15) is 32.6 Å². The molecule has 18 heavy (non-hydrogen) atoms. The molecule has 0 aliphatic rings. The van der Waals surface area contributed by atoms with Crippen molar-refractivity contribution in [3.05, 3.63) is 68.7 Å². The van der Waals surface area contributed by atoms with Crippen molar-refractivity contribution in [2.24, 2.45) is 0 Å². The minimum absolute atomic E-state index is 0.244. The van der Waals surface area contributed by atoms with Crippen LogP contribution in [0.3, 0.4) is 0 Å². The summed E-state index contributed by atoms with van der Waals surface area (Å²) in [5.41, 5.74) is 6.51. The molecule has 0 aliphatic heterocycles. The predicted octanol–water partition coefficient (Wildman–Crippen LogP) is 5.86. The summed E-state index contributed by atoms with van der Waals surface area (Å²) >= 11 is 7.38. The Hall–Kier alpha value is -0.600. The van der Waals surface area contributed by atoms with Crippen LogP contribution in [0.15, 0.2) is 40.9 Å². The van der Waals surface area contributed by atoms with Crippen molar-refractivity contribution in [3.8, 4) is 0 Å². The Bertz CT molecular complexity index is 522. The van der Waals surface area contributed by atoms with E-state index >= 15 is 0 Å². The Kier molecular flexibility index (Phi) is 4.29. The maximum atomic E-state index is 3.79. The number of halogens is 2. The fraction of sp³-hybridized carbons (Fsp3) is 0.250. The maximum absolute atomic E-state index is 3.79. The topological polar surface area (TPSA) is 0 Å². The highest BCUT2D eigenvalue weighted by molar-refractivity contribution is 9.10. The fourth-order valence-electron chi connectivity index (χ4n) is 1.88. The van der Waals surface area contributed by atoms with Gasteiger partial charge >= 0.3 is 0 Å². The first-order chi connectivity index (χ1) is 8.49. The highest BCUT2D eigenvalue weighted by Gasteiger charge is 2.11. The second kappa shape index (κ2) is 5.58. The normalized spacial score (nSPS) is 12.5. The van der Waals surface area contributed by atoms with E-state index in [-0.39, 0.29) is 4.83 Å². The Labute approximate surface area is 126 Å². The van der Waals surface area contributed by atoms with Crippen LogP contribution in [0.25, 0.3) is 0 Å². The van der Waals surface area contributed by atoms with Crippen LogP contribution >= 0.6 is 31.9 Å². The first-order valence-corrected chi connectivity index (χ1v) is 7.67. The molecule has 0 saturated carbocycles. The molecule has 0 heterocycles. The molecule has 0 spiro atoms. The summed E-state index contributed by atoms with van der Waals surface area (Å²) in [5.74, 6) is 0. The molecule has 2 aromatic carbocycles. The molecule has 0 aliphatic carbocycles. The average molecular weight is 368 g/mol. The number of alkyl halides is 1. The number of hydrogen-bond donors (Lipinski definition) is 0. The van der Waals surface area contributed by atoms with Crippen molar-refractivity contribution in [3.63, 3.8) is 0 Å². The quantitative estimate of drug-likeness (QED) is 0.583. The summed E-state index contributed by atoms with van der Waals surface area (Å²) < 4.78 is 1.16. The molecule has 0 amide bonds. The van der Waals surface area contributed by atoms with Crippen molar-refractivity contribution >= 4 is 31.9 Å². The minimum atomic E-state index is 0.244. The lowest BCUT2D eigenvalue weighted by molar-refractivity contribution is 1.15. The largest absolute Gasteiger partial charge is 0.0786 e. The Morgan fingerprint density at radius 3 is 1.89 bits per heavy atom. The lowest BCUT2D eigenvalue weighted by atomic mass is 10.00. The van der Waals surface area contributed by atoms with Gasteiger partial charge < -0.3 is 0 Å². The molecule has 0 N–H and O–H groups in total. The Morgan fingerprint density at radius 2 is 1.33 bits per heavy atom. The van der Waals surface area contributed by atoms with Crippen LogP contribution in [0.4, 0.5) is 0 Å². The van der Waals surface area contributed by atoms with Gasteiger partial charge in [-0.3, -0.25) is 0 Å². The molecule has 0 bridgehead atoms. The van der Waals surface area contributed by atoms with Crippen molar-refractivity contribution in [1.29, 1.82) is 0 Å². The third-order valence-electron chi connectivity index (χ3n) is 3.31. The van der Waals surface area contributed by atoms with Gasteiger partial charge in [-0.2, -0.15) is 0 Å². The van der Waals surface area contributed by atoms with E-state index in [0.29, 0.717) is 0 Å². The van der Waals surface area contributed by atoms with E-state index in [1.54, 1.807) is 0 Å². The molecule has 2 aromatic rings. The predicted molar refractivity (Wildman–Crippen MR) is 85.6 cm³/mol. The Balaban J connectivity index is 2.37. The summed E-state index contributed by atoms with van der Waals surface area (Å²) in [7, 11) is 0. The third-order valence-corrected chi connectivity index (χ3v) is 5.22. The zero-order chi connectivity index (χ0) is 13.3. The molecule has 2 heteroatoms. The van der Waals surface area contributed by atoms with Crippen molar-refractivity contribution in [2.45, 2.75) is 25.6 Å². The van der Waals surface area contributed by atoms with Crippen LogP contribution in [0.2, 0.25) is 0 Å². The maximum Gasteiger partial charge on any atom is 0.0645 e. The molecule has 0 saturated heterocycles. The monoisotopic (exact) mass is 366 g/mol. The van der Waals surface area contributed by atoms with Gasteiger partial charge in [0, 0.05) is 4.47 Å². The summed E-state index contributed by atoms with van der Waals surface area (Å²) in [5, 5.41) is 0. The second-order valence-corrected chi connectivity index (χ2v) is 6.48. The number of hydrogen-bond acceptors (Lipinski definition) is 0. The molecular weight excluding hydrogens is 352 g/mol. The smallest absolute Gasteiger partial charge is 0.0645 e.